The maximum absolute atomic E-state index is 13.1. The Morgan fingerprint density at radius 3 is 2.48 bits per heavy atom. The first kappa shape index (κ1) is 22.6. The molecule has 2 aromatic carbocycles. The molecule has 1 atom stereocenters. The molecule has 31 heavy (non-hydrogen) atoms. The van der Waals surface area contributed by atoms with Crippen molar-refractivity contribution in [3.8, 4) is 0 Å². The minimum absolute atomic E-state index is 0.204. The van der Waals surface area contributed by atoms with Gasteiger partial charge in [0.1, 0.15) is 0 Å². The predicted octanol–water partition coefficient (Wildman–Crippen LogP) is 4.03. The Morgan fingerprint density at radius 1 is 1.10 bits per heavy atom. The molecule has 3 rings (SSSR count). The van der Waals surface area contributed by atoms with E-state index in [1.54, 1.807) is 11.8 Å². The zero-order chi connectivity index (χ0) is 22.4. The average molecular weight is 422 g/mol. The fraction of sp³-hybridized carbons (Fsp3) is 0.360. The van der Waals surface area contributed by atoms with Crippen molar-refractivity contribution < 1.29 is 14.3 Å². The van der Waals surface area contributed by atoms with E-state index in [-0.39, 0.29) is 12.6 Å². The van der Waals surface area contributed by atoms with Gasteiger partial charge in [-0.15, -0.1) is 0 Å². The van der Waals surface area contributed by atoms with Crippen LogP contribution < -0.4 is 5.32 Å². The Balaban J connectivity index is 2.04. The lowest BCUT2D eigenvalue weighted by atomic mass is 9.93. The molecule has 1 N–H and O–H groups in total. The fourth-order valence-electron chi connectivity index (χ4n) is 3.96. The van der Waals surface area contributed by atoms with E-state index in [0.717, 1.165) is 11.1 Å². The normalized spacial score (nSPS) is 16.5. The predicted molar refractivity (Wildman–Crippen MR) is 121 cm³/mol. The SMILES string of the molecule is CCOC(=O)C1=C(CN(C)Cc2ccccc2)N(CC)C(=O)N[C@@H]1c1cccc(C)c1. The molecule has 0 aliphatic carbocycles. The van der Waals surface area contributed by atoms with Crippen molar-refractivity contribution in [3.05, 3.63) is 82.6 Å². The molecule has 1 aliphatic heterocycles. The van der Waals surface area contributed by atoms with Gasteiger partial charge in [-0.2, -0.15) is 0 Å². The molecule has 0 saturated carbocycles. The summed E-state index contributed by atoms with van der Waals surface area (Å²) in [4.78, 5) is 29.8. The van der Waals surface area contributed by atoms with E-state index in [1.807, 2.05) is 63.4 Å². The van der Waals surface area contributed by atoms with Gasteiger partial charge >= 0.3 is 12.0 Å². The number of ether oxygens (including phenoxy) is 1. The van der Waals surface area contributed by atoms with E-state index in [0.29, 0.717) is 30.9 Å². The van der Waals surface area contributed by atoms with Crippen LogP contribution in [0.4, 0.5) is 4.79 Å². The number of carbonyl (C=O) groups excluding carboxylic acids is 2. The molecule has 6 nitrogen and oxygen atoms in total. The van der Waals surface area contributed by atoms with Crippen LogP contribution in [0.1, 0.15) is 36.6 Å². The number of benzene rings is 2. The van der Waals surface area contributed by atoms with Crippen molar-refractivity contribution in [2.24, 2.45) is 0 Å². The summed E-state index contributed by atoms with van der Waals surface area (Å²) in [6.45, 7) is 7.59. The number of nitrogens with one attached hydrogen (secondary N) is 1. The summed E-state index contributed by atoms with van der Waals surface area (Å²) in [6, 6.07) is 17.2. The van der Waals surface area contributed by atoms with E-state index < -0.39 is 12.0 Å². The lowest BCUT2D eigenvalue weighted by Gasteiger charge is -2.37. The smallest absolute Gasteiger partial charge is 0.338 e. The van der Waals surface area contributed by atoms with E-state index in [2.05, 4.69) is 22.3 Å². The molecular weight excluding hydrogens is 390 g/mol. The highest BCUT2D eigenvalue weighted by Gasteiger charge is 2.37. The number of likely N-dealkylation sites (N-methyl/N-ethyl adjacent to an activating group) is 2. The maximum atomic E-state index is 13.1. The summed E-state index contributed by atoms with van der Waals surface area (Å²) in [6.07, 6.45) is 0. The Labute approximate surface area is 184 Å². The maximum Gasteiger partial charge on any atom is 0.338 e. The molecule has 164 valence electrons. The van der Waals surface area contributed by atoms with Crippen molar-refractivity contribution in [2.75, 3.05) is 26.7 Å². The second kappa shape index (κ2) is 10.3. The van der Waals surface area contributed by atoms with Gasteiger partial charge in [0.05, 0.1) is 18.2 Å². The van der Waals surface area contributed by atoms with E-state index in [9.17, 15) is 9.59 Å². The van der Waals surface area contributed by atoms with Crippen LogP contribution in [0, 0.1) is 6.92 Å². The zero-order valence-electron chi connectivity index (χ0n) is 18.7. The molecule has 2 amide bonds. The van der Waals surface area contributed by atoms with Crippen LogP contribution in [0.25, 0.3) is 0 Å². The highest BCUT2D eigenvalue weighted by atomic mass is 16.5. The Bertz CT molecular complexity index is 955. The minimum Gasteiger partial charge on any atom is -0.463 e. The number of carbonyl (C=O) groups is 2. The molecule has 1 aliphatic rings. The lowest BCUT2D eigenvalue weighted by Crippen LogP contribution is -2.50. The summed E-state index contributed by atoms with van der Waals surface area (Å²) < 4.78 is 5.43. The average Bonchev–Trinajstić information content (AvgIpc) is 2.74. The number of amides is 2. The molecule has 0 saturated heterocycles. The number of urea groups is 1. The van der Waals surface area contributed by atoms with Crippen LogP contribution in [-0.2, 0) is 16.1 Å². The Hall–Kier alpha value is -3.12. The summed E-state index contributed by atoms with van der Waals surface area (Å²) in [7, 11) is 1.99. The first-order valence-electron chi connectivity index (χ1n) is 10.7. The summed E-state index contributed by atoms with van der Waals surface area (Å²) in [5.41, 5.74) is 4.29. The first-order valence-corrected chi connectivity index (χ1v) is 10.7. The third-order valence-electron chi connectivity index (χ3n) is 5.34. The third kappa shape index (κ3) is 5.33. The fourth-order valence-corrected chi connectivity index (χ4v) is 3.96. The van der Waals surface area contributed by atoms with Crippen molar-refractivity contribution in [2.45, 2.75) is 33.4 Å². The van der Waals surface area contributed by atoms with Crippen molar-refractivity contribution in [3.63, 3.8) is 0 Å². The van der Waals surface area contributed by atoms with Gasteiger partial charge in [-0.05, 0) is 38.9 Å². The highest BCUT2D eigenvalue weighted by Crippen LogP contribution is 2.32. The molecule has 1 heterocycles. The van der Waals surface area contributed by atoms with Crippen LogP contribution in [0.2, 0.25) is 0 Å². The van der Waals surface area contributed by atoms with Crippen LogP contribution in [-0.4, -0.2) is 48.5 Å². The monoisotopic (exact) mass is 421 g/mol. The van der Waals surface area contributed by atoms with Gasteiger partial charge in [0, 0.05) is 25.3 Å². The van der Waals surface area contributed by atoms with Gasteiger partial charge in [0.15, 0.2) is 0 Å². The van der Waals surface area contributed by atoms with E-state index in [4.69, 9.17) is 4.74 Å². The van der Waals surface area contributed by atoms with Crippen LogP contribution in [0.3, 0.4) is 0 Å². The molecule has 0 aromatic heterocycles. The summed E-state index contributed by atoms with van der Waals surface area (Å²) in [5.74, 6) is -0.393. The summed E-state index contributed by atoms with van der Waals surface area (Å²) >= 11 is 0. The second-order valence-corrected chi connectivity index (χ2v) is 7.78. The van der Waals surface area contributed by atoms with Gasteiger partial charge in [0.25, 0.3) is 0 Å². The van der Waals surface area contributed by atoms with Crippen molar-refractivity contribution >= 4 is 12.0 Å². The summed E-state index contributed by atoms with van der Waals surface area (Å²) in [5, 5.41) is 3.01. The zero-order valence-corrected chi connectivity index (χ0v) is 18.7. The molecule has 0 fully saturated rings. The number of hydrogen-bond acceptors (Lipinski definition) is 4. The van der Waals surface area contributed by atoms with Gasteiger partial charge in [-0.1, -0.05) is 60.2 Å². The molecule has 0 spiro atoms. The largest absolute Gasteiger partial charge is 0.463 e. The second-order valence-electron chi connectivity index (χ2n) is 7.78. The number of hydrogen-bond donors (Lipinski definition) is 1. The molecule has 2 aromatic rings. The first-order chi connectivity index (χ1) is 14.9. The Kier molecular flexibility index (Phi) is 7.47. The highest BCUT2D eigenvalue weighted by molar-refractivity contribution is 5.95. The molecule has 0 bridgehead atoms. The number of rotatable bonds is 8. The molecule has 6 heteroatoms. The topological polar surface area (TPSA) is 61.9 Å². The van der Waals surface area contributed by atoms with Crippen LogP contribution in [0.15, 0.2) is 65.9 Å². The van der Waals surface area contributed by atoms with Gasteiger partial charge < -0.3 is 10.1 Å². The van der Waals surface area contributed by atoms with Gasteiger partial charge in [-0.25, -0.2) is 9.59 Å². The standard InChI is InChI=1S/C25H31N3O3/c1-5-28-21(17-27(4)16-19-12-8-7-9-13-19)22(24(29)31-6-2)23(26-25(28)30)20-14-10-11-18(3)15-20/h7-15,23H,5-6,16-17H2,1-4H3,(H,26,30)/t23-/m1/s1. The van der Waals surface area contributed by atoms with Crippen LogP contribution in [0.5, 0.6) is 0 Å². The van der Waals surface area contributed by atoms with Crippen molar-refractivity contribution in [1.82, 2.24) is 15.1 Å². The third-order valence-corrected chi connectivity index (χ3v) is 5.34. The van der Waals surface area contributed by atoms with Gasteiger partial charge in [0.2, 0.25) is 0 Å². The van der Waals surface area contributed by atoms with Gasteiger partial charge in [-0.3, -0.25) is 9.80 Å². The Morgan fingerprint density at radius 2 is 1.84 bits per heavy atom. The number of aryl methyl sites for hydroxylation is 1. The lowest BCUT2D eigenvalue weighted by molar-refractivity contribution is -0.139. The molecular formula is C25H31N3O3. The molecule has 0 radical (unpaired) electrons. The van der Waals surface area contributed by atoms with E-state index in [1.165, 1.54) is 5.56 Å². The minimum atomic E-state index is -0.547. The van der Waals surface area contributed by atoms with E-state index >= 15 is 0 Å². The quantitative estimate of drug-likeness (QED) is 0.654. The number of esters is 1. The van der Waals surface area contributed by atoms with Crippen LogP contribution >= 0.6 is 0 Å². The number of nitrogens with zero attached hydrogens (tertiary/aromatic N) is 2. The molecule has 0 unspecified atom stereocenters. The van der Waals surface area contributed by atoms with Crippen molar-refractivity contribution in [1.29, 1.82) is 0 Å².